The number of hydrogen-bond acceptors (Lipinski definition) is 5. The van der Waals surface area contributed by atoms with Gasteiger partial charge in [0.25, 0.3) is 0 Å². The van der Waals surface area contributed by atoms with Gasteiger partial charge in [-0.3, -0.25) is 4.79 Å². The van der Waals surface area contributed by atoms with E-state index in [1.165, 1.54) is 13.2 Å². The van der Waals surface area contributed by atoms with Crippen LogP contribution in [-0.2, 0) is 14.3 Å². The molecule has 0 heterocycles. The summed E-state index contributed by atoms with van der Waals surface area (Å²) in [6, 6.07) is 14.2. The second-order valence-electron chi connectivity index (χ2n) is 5.21. The van der Waals surface area contributed by atoms with E-state index in [0.717, 1.165) is 5.56 Å². The van der Waals surface area contributed by atoms with Crippen molar-refractivity contribution in [2.45, 2.75) is 19.3 Å². The Labute approximate surface area is 140 Å². The number of benzene rings is 2. The van der Waals surface area contributed by atoms with Crippen LogP contribution in [0, 0.1) is 0 Å². The molecule has 0 amide bonds. The van der Waals surface area contributed by atoms with Crippen LogP contribution in [0.4, 0.5) is 0 Å². The van der Waals surface area contributed by atoms with Crippen LogP contribution in [0.3, 0.4) is 0 Å². The Hall–Kier alpha value is -2.82. The summed E-state index contributed by atoms with van der Waals surface area (Å²) in [6.07, 6.45) is 0.0655. The molecule has 5 heteroatoms. The third kappa shape index (κ3) is 3.93. The summed E-state index contributed by atoms with van der Waals surface area (Å²) in [6.45, 7) is 2.03. The van der Waals surface area contributed by atoms with E-state index in [0.29, 0.717) is 5.56 Å². The Kier molecular flexibility index (Phi) is 5.95. The largest absolute Gasteiger partial charge is 0.507 e. The molecule has 5 nitrogen and oxygen atoms in total. The quantitative estimate of drug-likeness (QED) is 0.824. The number of aromatic hydroxyl groups is 1. The van der Waals surface area contributed by atoms with Gasteiger partial charge in [0.05, 0.1) is 20.1 Å². The molecule has 0 aliphatic rings. The molecule has 0 aromatic heterocycles. The summed E-state index contributed by atoms with van der Waals surface area (Å²) in [5.74, 6) is -1.59. The van der Waals surface area contributed by atoms with E-state index in [9.17, 15) is 14.7 Å². The molecule has 1 atom stereocenters. The molecule has 126 valence electrons. The van der Waals surface area contributed by atoms with Crippen LogP contribution in [0.15, 0.2) is 48.5 Å². The summed E-state index contributed by atoms with van der Waals surface area (Å²) in [4.78, 5) is 23.8. The highest BCUT2D eigenvalue weighted by Crippen LogP contribution is 2.36. The number of carbonyl (C=O) groups is 2. The molecular weight excluding hydrogens is 308 g/mol. The SMILES string of the molecule is CCOC(=O)CC(c1ccccc1)c1cccc(C(=O)OC)c1O. The van der Waals surface area contributed by atoms with E-state index < -0.39 is 11.9 Å². The molecule has 2 aromatic carbocycles. The highest BCUT2D eigenvalue weighted by molar-refractivity contribution is 5.93. The second kappa shape index (κ2) is 8.15. The smallest absolute Gasteiger partial charge is 0.341 e. The van der Waals surface area contributed by atoms with E-state index in [2.05, 4.69) is 4.74 Å². The van der Waals surface area contributed by atoms with Gasteiger partial charge in [0.15, 0.2) is 0 Å². The minimum atomic E-state index is -0.628. The van der Waals surface area contributed by atoms with Gasteiger partial charge in [-0.15, -0.1) is 0 Å². The summed E-state index contributed by atoms with van der Waals surface area (Å²) < 4.78 is 9.73. The highest BCUT2D eigenvalue weighted by atomic mass is 16.5. The minimum Gasteiger partial charge on any atom is -0.507 e. The fourth-order valence-corrected chi connectivity index (χ4v) is 2.60. The Morgan fingerprint density at radius 1 is 1.08 bits per heavy atom. The first kappa shape index (κ1) is 17.5. The number of para-hydroxylation sites is 1. The van der Waals surface area contributed by atoms with Crippen molar-refractivity contribution in [2.75, 3.05) is 13.7 Å². The van der Waals surface area contributed by atoms with E-state index in [-0.39, 0.29) is 30.3 Å². The van der Waals surface area contributed by atoms with Crippen molar-refractivity contribution in [1.29, 1.82) is 0 Å². The van der Waals surface area contributed by atoms with Gasteiger partial charge in [0.2, 0.25) is 0 Å². The molecule has 0 aliphatic carbocycles. The van der Waals surface area contributed by atoms with Crippen LogP contribution in [0.5, 0.6) is 5.75 Å². The average molecular weight is 328 g/mol. The third-order valence-electron chi connectivity index (χ3n) is 3.73. The molecule has 0 spiro atoms. The molecule has 0 fully saturated rings. The van der Waals surface area contributed by atoms with Crippen molar-refractivity contribution in [3.63, 3.8) is 0 Å². The summed E-state index contributed by atoms with van der Waals surface area (Å²) >= 11 is 0. The molecule has 2 aromatic rings. The van der Waals surface area contributed by atoms with Crippen LogP contribution < -0.4 is 0 Å². The number of rotatable bonds is 6. The van der Waals surface area contributed by atoms with E-state index in [4.69, 9.17) is 4.74 Å². The van der Waals surface area contributed by atoms with Gasteiger partial charge in [-0.25, -0.2) is 4.79 Å². The van der Waals surface area contributed by atoms with E-state index >= 15 is 0 Å². The molecular formula is C19H20O5. The number of ether oxygens (including phenoxy) is 2. The minimum absolute atomic E-state index is 0.0655. The van der Waals surface area contributed by atoms with Crippen LogP contribution >= 0.6 is 0 Å². The summed E-state index contributed by atoms with van der Waals surface area (Å²) in [7, 11) is 1.25. The normalized spacial score (nSPS) is 11.6. The molecule has 1 N–H and O–H groups in total. The Bertz CT molecular complexity index is 709. The van der Waals surface area contributed by atoms with Crippen LogP contribution in [0.25, 0.3) is 0 Å². The molecule has 0 saturated carbocycles. The predicted molar refractivity (Wildman–Crippen MR) is 89.0 cm³/mol. The van der Waals surface area contributed by atoms with E-state index in [1.807, 2.05) is 30.3 Å². The first-order chi connectivity index (χ1) is 11.6. The van der Waals surface area contributed by atoms with Gasteiger partial charge in [-0.1, -0.05) is 42.5 Å². The van der Waals surface area contributed by atoms with E-state index in [1.54, 1.807) is 19.1 Å². The Morgan fingerprint density at radius 3 is 2.42 bits per heavy atom. The number of esters is 2. The van der Waals surface area contributed by atoms with Gasteiger partial charge < -0.3 is 14.6 Å². The zero-order chi connectivity index (χ0) is 17.5. The zero-order valence-electron chi connectivity index (χ0n) is 13.7. The lowest BCUT2D eigenvalue weighted by Gasteiger charge is -2.19. The molecule has 0 saturated heterocycles. The molecule has 0 bridgehead atoms. The standard InChI is InChI=1S/C19H20O5/c1-3-24-17(20)12-16(13-8-5-4-6-9-13)14-10-7-11-15(18(14)21)19(22)23-2/h4-11,16,21H,3,12H2,1-2H3. The van der Waals surface area contributed by atoms with Crippen LogP contribution in [-0.4, -0.2) is 30.8 Å². The lowest BCUT2D eigenvalue weighted by molar-refractivity contribution is -0.143. The van der Waals surface area contributed by atoms with Crippen molar-refractivity contribution < 1.29 is 24.2 Å². The highest BCUT2D eigenvalue weighted by Gasteiger charge is 2.24. The maximum Gasteiger partial charge on any atom is 0.341 e. The lowest BCUT2D eigenvalue weighted by atomic mass is 9.87. The fourth-order valence-electron chi connectivity index (χ4n) is 2.60. The van der Waals surface area contributed by atoms with Gasteiger partial charge in [-0.05, 0) is 18.6 Å². The Morgan fingerprint density at radius 2 is 1.79 bits per heavy atom. The monoisotopic (exact) mass is 328 g/mol. The van der Waals surface area contributed by atoms with Crippen molar-refractivity contribution in [3.8, 4) is 5.75 Å². The number of methoxy groups -OCH3 is 1. The zero-order valence-corrected chi connectivity index (χ0v) is 13.7. The van der Waals surface area contributed by atoms with Gasteiger partial charge in [-0.2, -0.15) is 0 Å². The maximum absolute atomic E-state index is 12.0. The van der Waals surface area contributed by atoms with Crippen LogP contribution in [0.1, 0.15) is 40.7 Å². The topological polar surface area (TPSA) is 72.8 Å². The molecule has 1 unspecified atom stereocenters. The third-order valence-corrected chi connectivity index (χ3v) is 3.73. The van der Waals surface area contributed by atoms with Crippen molar-refractivity contribution >= 4 is 11.9 Å². The molecule has 0 aliphatic heterocycles. The average Bonchev–Trinajstić information content (AvgIpc) is 2.60. The predicted octanol–water partition coefficient (Wildman–Crippen LogP) is 3.26. The number of phenols is 1. The Balaban J connectivity index is 2.48. The van der Waals surface area contributed by atoms with Crippen molar-refractivity contribution in [3.05, 3.63) is 65.2 Å². The van der Waals surface area contributed by atoms with Gasteiger partial charge in [0, 0.05) is 11.5 Å². The second-order valence-corrected chi connectivity index (χ2v) is 5.21. The lowest BCUT2D eigenvalue weighted by Crippen LogP contribution is -2.13. The van der Waals surface area contributed by atoms with Crippen molar-refractivity contribution in [2.24, 2.45) is 0 Å². The number of phenolic OH excluding ortho intramolecular Hbond substituents is 1. The van der Waals surface area contributed by atoms with Gasteiger partial charge in [0.1, 0.15) is 11.3 Å². The van der Waals surface area contributed by atoms with Gasteiger partial charge >= 0.3 is 11.9 Å². The molecule has 24 heavy (non-hydrogen) atoms. The molecule has 2 rings (SSSR count). The van der Waals surface area contributed by atoms with Crippen molar-refractivity contribution in [1.82, 2.24) is 0 Å². The maximum atomic E-state index is 12.0. The summed E-state index contributed by atoms with van der Waals surface area (Å²) in [5, 5.41) is 10.5. The first-order valence-electron chi connectivity index (χ1n) is 7.69. The van der Waals surface area contributed by atoms with Crippen LogP contribution in [0.2, 0.25) is 0 Å². The first-order valence-corrected chi connectivity index (χ1v) is 7.69. The fraction of sp³-hybridized carbons (Fsp3) is 0.263. The number of hydrogen-bond donors (Lipinski definition) is 1. The number of carbonyl (C=O) groups excluding carboxylic acids is 2. The molecule has 0 radical (unpaired) electrons. The summed E-state index contributed by atoms with van der Waals surface area (Å²) in [5.41, 5.74) is 1.40.